The first-order valence-corrected chi connectivity index (χ1v) is 8.43. The van der Waals surface area contributed by atoms with Gasteiger partial charge in [0.1, 0.15) is 17.4 Å². The molecule has 0 spiro atoms. The van der Waals surface area contributed by atoms with E-state index in [4.69, 9.17) is 16.3 Å². The van der Waals surface area contributed by atoms with E-state index in [1.54, 1.807) is 10.7 Å². The van der Waals surface area contributed by atoms with E-state index in [2.05, 4.69) is 10.4 Å². The highest BCUT2D eigenvalue weighted by molar-refractivity contribution is 6.31. The first kappa shape index (κ1) is 15.9. The van der Waals surface area contributed by atoms with Crippen LogP contribution in [0.25, 0.3) is 0 Å². The highest BCUT2D eigenvalue weighted by atomic mass is 35.5. The molecule has 4 rings (SSSR count). The molecule has 1 unspecified atom stereocenters. The van der Waals surface area contributed by atoms with Crippen LogP contribution in [0.2, 0.25) is 5.02 Å². The van der Waals surface area contributed by atoms with Crippen LogP contribution in [0.3, 0.4) is 0 Å². The number of nitrogens with zero attached hydrogens (tertiary/aromatic N) is 2. The van der Waals surface area contributed by atoms with Crippen molar-refractivity contribution in [1.29, 1.82) is 0 Å². The Hall–Kier alpha value is -2.60. The number of Topliss-reactive ketones (excluding diaryl/α,β-unsaturated/α-hetero) is 1. The van der Waals surface area contributed by atoms with Crippen molar-refractivity contribution in [3.8, 4) is 0 Å². The number of hydrogen-bond donors (Lipinski definition) is 1. The van der Waals surface area contributed by atoms with Crippen molar-refractivity contribution in [2.75, 3.05) is 12.4 Å². The van der Waals surface area contributed by atoms with Crippen molar-refractivity contribution in [3.05, 3.63) is 57.9 Å². The minimum atomic E-state index is -0.474. The van der Waals surface area contributed by atoms with Crippen LogP contribution in [0.1, 0.15) is 41.2 Å². The molecule has 25 heavy (non-hydrogen) atoms. The molecule has 2 aliphatic rings. The van der Waals surface area contributed by atoms with Crippen LogP contribution in [0.15, 0.2) is 41.7 Å². The number of fused-ring (bicyclic) bond motifs is 1. The molecule has 2 heterocycles. The van der Waals surface area contributed by atoms with Crippen molar-refractivity contribution in [2.24, 2.45) is 0 Å². The first-order chi connectivity index (χ1) is 12.1. The molecule has 1 aliphatic heterocycles. The number of carbonyl (C=O) groups excluding carboxylic acids is 2. The number of hydrogen-bond acceptors (Lipinski definition) is 5. The molecule has 1 atom stereocenters. The summed E-state index contributed by atoms with van der Waals surface area (Å²) in [6, 6.07) is 6.94. The van der Waals surface area contributed by atoms with Crippen LogP contribution in [-0.2, 0) is 9.53 Å². The molecule has 1 N–H and O–H groups in total. The minimum absolute atomic E-state index is 0.0828. The Bertz CT molecular complexity index is 916. The Morgan fingerprint density at radius 3 is 2.92 bits per heavy atom. The zero-order valence-corrected chi connectivity index (χ0v) is 14.3. The lowest BCUT2D eigenvalue weighted by molar-refractivity contribution is -0.116. The second-order valence-electron chi connectivity index (χ2n) is 6.06. The summed E-state index contributed by atoms with van der Waals surface area (Å²) in [5.74, 6) is 0.141. The number of esters is 1. The summed E-state index contributed by atoms with van der Waals surface area (Å²) in [5.41, 5.74) is 2.63. The van der Waals surface area contributed by atoms with Crippen molar-refractivity contribution in [1.82, 2.24) is 9.78 Å². The fourth-order valence-corrected chi connectivity index (χ4v) is 3.74. The van der Waals surface area contributed by atoms with E-state index in [1.807, 2.05) is 18.2 Å². The number of methoxy groups -OCH3 is 1. The number of ketones is 1. The van der Waals surface area contributed by atoms with E-state index in [-0.39, 0.29) is 5.78 Å². The van der Waals surface area contributed by atoms with E-state index in [0.717, 1.165) is 24.1 Å². The molecule has 1 aliphatic carbocycles. The van der Waals surface area contributed by atoms with Crippen molar-refractivity contribution in [2.45, 2.75) is 25.3 Å². The van der Waals surface area contributed by atoms with E-state index < -0.39 is 12.0 Å². The second kappa shape index (κ2) is 6.04. The number of carbonyl (C=O) groups is 2. The maximum Gasteiger partial charge on any atom is 0.343 e. The molecule has 7 heteroatoms. The van der Waals surface area contributed by atoms with Crippen LogP contribution in [0, 0.1) is 0 Å². The fourth-order valence-electron chi connectivity index (χ4n) is 3.50. The minimum Gasteiger partial charge on any atom is -0.465 e. The van der Waals surface area contributed by atoms with Crippen molar-refractivity contribution in [3.63, 3.8) is 0 Å². The third-order valence-corrected chi connectivity index (χ3v) is 4.99. The number of halogens is 1. The Morgan fingerprint density at radius 1 is 1.36 bits per heavy atom. The molecule has 1 aromatic heterocycles. The second-order valence-corrected chi connectivity index (χ2v) is 6.47. The molecule has 2 aromatic rings. The van der Waals surface area contributed by atoms with Gasteiger partial charge in [0.25, 0.3) is 0 Å². The topological polar surface area (TPSA) is 73.2 Å². The summed E-state index contributed by atoms with van der Waals surface area (Å²) in [6.07, 6.45) is 3.48. The highest BCUT2D eigenvalue weighted by Crippen LogP contribution is 2.43. The summed E-state index contributed by atoms with van der Waals surface area (Å²) < 4.78 is 6.49. The van der Waals surface area contributed by atoms with Crippen LogP contribution in [0.5, 0.6) is 0 Å². The summed E-state index contributed by atoms with van der Waals surface area (Å²) in [6.45, 7) is 0. The Balaban J connectivity index is 1.95. The zero-order valence-electron chi connectivity index (χ0n) is 13.6. The molecule has 0 saturated heterocycles. The number of nitrogens with one attached hydrogen (secondary N) is 1. The molecule has 128 valence electrons. The summed E-state index contributed by atoms with van der Waals surface area (Å²) in [4.78, 5) is 24.7. The standard InChI is InChI=1S/C18H16ClN3O3/c1-25-18(24)11-9-20-22-16(10-5-2-3-6-12(10)19)15-13(21-17(11)22)7-4-8-14(15)23/h2-3,5-6,9,16,21H,4,7-8H2,1H3. The molecule has 0 fully saturated rings. The molecule has 6 nitrogen and oxygen atoms in total. The Morgan fingerprint density at radius 2 is 2.16 bits per heavy atom. The van der Waals surface area contributed by atoms with Crippen molar-refractivity contribution < 1.29 is 14.3 Å². The smallest absolute Gasteiger partial charge is 0.343 e. The Labute approximate surface area is 149 Å². The van der Waals surface area contributed by atoms with Crippen LogP contribution in [-0.4, -0.2) is 28.6 Å². The third kappa shape index (κ3) is 2.44. The van der Waals surface area contributed by atoms with Gasteiger partial charge in [0, 0.05) is 22.7 Å². The summed E-state index contributed by atoms with van der Waals surface area (Å²) in [5, 5.41) is 8.14. The number of aromatic nitrogens is 2. The summed E-state index contributed by atoms with van der Waals surface area (Å²) >= 11 is 6.41. The van der Waals surface area contributed by atoms with Gasteiger partial charge in [-0.25, -0.2) is 9.48 Å². The lowest BCUT2D eigenvalue weighted by atomic mass is 9.85. The lowest BCUT2D eigenvalue weighted by Gasteiger charge is -2.33. The van der Waals surface area contributed by atoms with Crippen molar-refractivity contribution >= 4 is 29.2 Å². The quantitative estimate of drug-likeness (QED) is 0.834. The van der Waals surface area contributed by atoms with Gasteiger partial charge >= 0.3 is 5.97 Å². The van der Waals surface area contributed by atoms with Gasteiger partial charge in [0.15, 0.2) is 5.78 Å². The number of ether oxygens (including phenoxy) is 1. The molecule has 0 amide bonds. The third-order valence-electron chi connectivity index (χ3n) is 4.64. The average molecular weight is 358 g/mol. The first-order valence-electron chi connectivity index (χ1n) is 8.05. The van der Waals surface area contributed by atoms with Crippen LogP contribution >= 0.6 is 11.6 Å². The van der Waals surface area contributed by atoms with Gasteiger partial charge in [-0.15, -0.1) is 0 Å². The van der Waals surface area contributed by atoms with Crippen LogP contribution < -0.4 is 5.32 Å². The number of anilines is 1. The average Bonchev–Trinajstić information content (AvgIpc) is 3.04. The predicted molar refractivity (Wildman–Crippen MR) is 92.7 cm³/mol. The van der Waals surface area contributed by atoms with Gasteiger partial charge in [-0.3, -0.25) is 4.79 Å². The summed E-state index contributed by atoms with van der Waals surface area (Å²) in [7, 11) is 1.33. The zero-order chi connectivity index (χ0) is 17.6. The van der Waals surface area contributed by atoms with Gasteiger partial charge in [-0.1, -0.05) is 29.8 Å². The number of benzene rings is 1. The SMILES string of the molecule is COC(=O)c1cnn2c1NC1=C(C(=O)CCC1)C2c1ccccc1Cl. The van der Waals surface area contributed by atoms with E-state index in [0.29, 0.717) is 28.4 Å². The number of rotatable bonds is 2. The molecular weight excluding hydrogens is 342 g/mol. The largest absolute Gasteiger partial charge is 0.465 e. The van der Waals surface area contributed by atoms with Gasteiger partial charge in [0.05, 0.1) is 13.3 Å². The lowest BCUT2D eigenvalue weighted by Crippen LogP contribution is -2.32. The molecule has 0 bridgehead atoms. The maximum atomic E-state index is 12.7. The van der Waals surface area contributed by atoms with E-state index in [9.17, 15) is 9.59 Å². The molecular formula is C18H16ClN3O3. The maximum absolute atomic E-state index is 12.7. The molecule has 1 aromatic carbocycles. The van der Waals surface area contributed by atoms with Crippen LogP contribution in [0.4, 0.5) is 5.82 Å². The van der Waals surface area contributed by atoms with E-state index >= 15 is 0 Å². The van der Waals surface area contributed by atoms with E-state index in [1.165, 1.54) is 13.3 Å². The van der Waals surface area contributed by atoms with Gasteiger partial charge < -0.3 is 10.1 Å². The number of allylic oxidation sites excluding steroid dienone is 2. The highest BCUT2D eigenvalue weighted by Gasteiger charge is 2.38. The Kier molecular flexibility index (Phi) is 3.84. The predicted octanol–water partition coefficient (Wildman–Crippen LogP) is 3.35. The molecule has 0 saturated carbocycles. The fraction of sp³-hybridized carbons (Fsp3) is 0.278. The van der Waals surface area contributed by atoms with Gasteiger partial charge in [-0.2, -0.15) is 5.10 Å². The molecule has 0 radical (unpaired) electrons. The monoisotopic (exact) mass is 357 g/mol. The normalized spacial score (nSPS) is 19.1. The van der Waals surface area contributed by atoms with Gasteiger partial charge in [-0.05, 0) is 24.5 Å². The van der Waals surface area contributed by atoms with Gasteiger partial charge in [0.2, 0.25) is 0 Å².